The molecule has 4 aromatic rings. The molecule has 4 atom stereocenters. The molecule has 0 spiro atoms. The van der Waals surface area contributed by atoms with Crippen LogP contribution in [-0.2, 0) is 20.8 Å². The van der Waals surface area contributed by atoms with Gasteiger partial charge in [0.2, 0.25) is 11.8 Å². The van der Waals surface area contributed by atoms with Crippen LogP contribution >= 0.6 is 0 Å². The molecule has 0 saturated carbocycles. The number of carboxylic acid groups (broad SMARTS) is 1. The Hall–Kier alpha value is -4.69. The number of carbonyl (C=O) groups is 3. The van der Waals surface area contributed by atoms with Crippen molar-refractivity contribution in [1.82, 2.24) is 15.2 Å². The number of rotatable bonds is 10. The van der Waals surface area contributed by atoms with Gasteiger partial charge in [0.15, 0.2) is 0 Å². The summed E-state index contributed by atoms with van der Waals surface area (Å²) in [5.41, 5.74) is 1.64. The maximum atomic E-state index is 14.0. The van der Waals surface area contributed by atoms with E-state index in [2.05, 4.69) is 10.3 Å². The van der Waals surface area contributed by atoms with E-state index in [0.717, 1.165) is 34.0 Å². The van der Waals surface area contributed by atoms with Crippen LogP contribution in [0.2, 0.25) is 0 Å². The summed E-state index contributed by atoms with van der Waals surface area (Å²) in [5, 5.41) is 15.0. The van der Waals surface area contributed by atoms with E-state index < -0.39 is 35.3 Å². The summed E-state index contributed by atoms with van der Waals surface area (Å²) in [7, 11) is 0. The highest BCUT2D eigenvalue weighted by molar-refractivity contribution is 6.09. The Balaban J connectivity index is 1.38. The summed E-state index contributed by atoms with van der Waals surface area (Å²) in [6.07, 6.45) is 6.33. The molecule has 2 amide bonds. The fourth-order valence-electron chi connectivity index (χ4n) is 6.39. The Kier molecular flexibility index (Phi) is 7.39. The van der Waals surface area contributed by atoms with Gasteiger partial charge in [0, 0.05) is 36.1 Å². The topological polar surface area (TPSA) is 112 Å². The van der Waals surface area contributed by atoms with Gasteiger partial charge in [-0.25, -0.2) is 0 Å². The molecule has 8 nitrogen and oxygen atoms in total. The lowest BCUT2D eigenvalue weighted by molar-refractivity contribution is -0.151. The molecule has 214 valence electrons. The van der Waals surface area contributed by atoms with Gasteiger partial charge in [-0.3, -0.25) is 24.6 Å². The second-order valence-corrected chi connectivity index (χ2v) is 11.0. The van der Waals surface area contributed by atoms with E-state index in [0.29, 0.717) is 12.4 Å². The van der Waals surface area contributed by atoms with Gasteiger partial charge in [0.25, 0.3) is 0 Å². The number of H-pyrrole nitrogens is 1. The number of aliphatic carboxylic acids is 1. The molecule has 2 fully saturated rings. The quantitative estimate of drug-likeness (QED) is 0.235. The number of para-hydroxylation sites is 1. The Labute approximate surface area is 244 Å². The van der Waals surface area contributed by atoms with Gasteiger partial charge in [0.05, 0.1) is 18.4 Å². The van der Waals surface area contributed by atoms with Crippen LogP contribution in [0.3, 0.4) is 0 Å². The Morgan fingerprint density at radius 3 is 2.48 bits per heavy atom. The summed E-state index contributed by atoms with van der Waals surface area (Å²) in [6, 6.07) is 23.9. The van der Waals surface area contributed by atoms with Crippen LogP contribution < -0.4 is 10.1 Å². The first-order valence-electron chi connectivity index (χ1n) is 14.3. The van der Waals surface area contributed by atoms with Gasteiger partial charge in [0.1, 0.15) is 11.3 Å². The third kappa shape index (κ3) is 4.77. The number of carbonyl (C=O) groups excluding carboxylic acids is 2. The van der Waals surface area contributed by atoms with Gasteiger partial charge < -0.3 is 14.8 Å². The highest BCUT2D eigenvalue weighted by atomic mass is 16.5. The molecular weight excluding hydrogens is 530 g/mol. The van der Waals surface area contributed by atoms with E-state index in [-0.39, 0.29) is 18.9 Å². The number of nitrogens with one attached hydrogen (secondary N) is 2. The third-order valence-electron chi connectivity index (χ3n) is 8.38. The number of carboxylic acids is 1. The fourth-order valence-corrected chi connectivity index (χ4v) is 6.39. The number of fused-ring (bicyclic) bond motifs is 2. The van der Waals surface area contributed by atoms with E-state index in [1.54, 1.807) is 12.3 Å². The highest BCUT2D eigenvalue weighted by Gasteiger charge is 2.68. The van der Waals surface area contributed by atoms with Crippen molar-refractivity contribution in [3.63, 3.8) is 0 Å². The lowest BCUT2D eigenvalue weighted by Crippen LogP contribution is -2.57. The molecule has 42 heavy (non-hydrogen) atoms. The Bertz CT molecular complexity index is 1640. The predicted octanol–water partition coefficient (Wildman–Crippen LogP) is 4.98. The maximum absolute atomic E-state index is 14.0. The second-order valence-electron chi connectivity index (χ2n) is 11.0. The number of likely N-dealkylation sites (tertiary alicyclic amines) is 1. The van der Waals surface area contributed by atoms with Crippen molar-refractivity contribution in [2.75, 3.05) is 13.2 Å². The van der Waals surface area contributed by atoms with Gasteiger partial charge in [-0.05, 0) is 41.3 Å². The smallest absolute Gasteiger partial charge is 0.325 e. The van der Waals surface area contributed by atoms with Crippen LogP contribution in [0.4, 0.5) is 0 Å². The zero-order chi connectivity index (χ0) is 29.3. The Morgan fingerprint density at radius 1 is 1.00 bits per heavy atom. The molecule has 1 aromatic heterocycles. The van der Waals surface area contributed by atoms with Crippen LogP contribution in [-0.4, -0.2) is 51.5 Å². The summed E-state index contributed by atoms with van der Waals surface area (Å²) in [5.74, 6) is -3.25. The van der Waals surface area contributed by atoms with E-state index in [1.807, 2.05) is 91.9 Å². The SMILES string of the molecule is CCCOc1ccc(C2NC(Cc3c[nH]c4ccccc34)(C(=O)O)C3C(=O)N(C/C=C\c4ccccc4)C(=O)C23)cc1. The number of amides is 2. The lowest BCUT2D eigenvalue weighted by Gasteiger charge is -2.31. The van der Waals surface area contributed by atoms with Crippen LogP contribution in [0.15, 0.2) is 91.1 Å². The van der Waals surface area contributed by atoms with Crippen LogP contribution in [0.1, 0.15) is 36.1 Å². The molecule has 3 aromatic carbocycles. The molecule has 0 radical (unpaired) electrons. The predicted molar refractivity (Wildman–Crippen MR) is 160 cm³/mol. The monoisotopic (exact) mass is 563 g/mol. The first kappa shape index (κ1) is 27.5. The van der Waals surface area contributed by atoms with Crippen LogP contribution in [0.25, 0.3) is 17.0 Å². The largest absolute Gasteiger partial charge is 0.494 e. The summed E-state index contributed by atoms with van der Waals surface area (Å²) in [6.45, 7) is 2.68. The van der Waals surface area contributed by atoms with Crippen molar-refractivity contribution in [2.24, 2.45) is 11.8 Å². The van der Waals surface area contributed by atoms with Crippen molar-refractivity contribution >= 4 is 34.8 Å². The minimum absolute atomic E-state index is 0.0361. The number of aromatic amines is 1. The standard InChI is InChI=1S/C34H33N3O5/c1-2-19-42-25-16-14-23(15-17-25)30-28-29(32(39)37(31(28)38)18-8-11-22-9-4-3-5-10-22)34(36-30,33(40)41)20-24-21-35-27-13-7-6-12-26(24)27/h3-17,21,28-30,35-36H,2,18-20H2,1H3,(H,40,41)/b11-8-. The number of hydrogen-bond acceptors (Lipinski definition) is 5. The minimum atomic E-state index is -1.69. The van der Waals surface area contributed by atoms with Gasteiger partial charge in [-0.15, -0.1) is 0 Å². The van der Waals surface area contributed by atoms with Crippen molar-refractivity contribution in [1.29, 1.82) is 0 Å². The average molecular weight is 564 g/mol. The summed E-state index contributed by atoms with van der Waals surface area (Å²) < 4.78 is 5.73. The van der Waals surface area contributed by atoms with Gasteiger partial charge in [-0.1, -0.05) is 79.7 Å². The molecule has 2 saturated heterocycles. The molecular formula is C34H33N3O5. The molecule has 6 rings (SSSR count). The van der Waals surface area contributed by atoms with E-state index in [1.165, 1.54) is 4.90 Å². The van der Waals surface area contributed by atoms with Crippen molar-refractivity contribution in [3.05, 3.63) is 108 Å². The number of benzene rings is 3. The molecule has 0 bridgehead atoms. The third-order valence-corrected chi connectivity index (χ3v) is 8.38. The Morgan fingerprint density at radius 2 is 1.74 bits per heavy atom. The zero-order valence-electron chi connectivity index (χ0n) is 23.3. The molecule has 2 aliphatic heterocycles. The normalized spacial score (nSPS) is 23.6. The highest BCUT2D eigenvalue weighted by Crippen LogP contribution is 2.50. The molecule has 4 unspecified atom stereocenters. The molecule has 2 aliphatic rings. The van der Waals surface area contributed by atoms with Gasteiger partial charge in [-0.2, -0.15) is 0 Å². The van der Waals surface area contributed by atoms with Crippen molar-refractivity contribution in [2.45, 2.75) is 31.3 Å². The first-order valence-corrected chi connectivity index (χ1v) is 14.3. The molecule has 3 heterocycles. The maximum Gasteiger partial charge on any atom is 0.325 e. The molecule has 8 heteroatoms. The average Bonchev–Trinajstić information content (AvgIpc) is 3.65. The van der Waals surface area contributed by atoms with E-state index >= 15 is 0 Å². The number of ether oxygens (including phenoxy) is 1. The fraction of sp³-hybridized carbons (Fsp3) is 0.265. The minimum Gasteiger partial charge on any atom is -0.494 e. The lowest BCUT2D eigenvalue weighted by atomic mass is 9.76. The van der Waals surface area contributed by atoms with E-state index in [4.69, 9.17) is 4.74 Å². The second kappa shape index (κ2) is 11.3. The van der Waals surface area contributed by atoms with Crippen molar-refractivity contribution < 1.29 is 24.2 Å². The summed E-state index contributed by atoms with van der Waals surface area (Å²) >= 11 is 0. The van der Waals surface area contributed by atoms with Crippen LogP contribution in [0, 0.1) is 11.8 Å². The molecule has 3 N–H and O–H groups in total. The van der Waals surface area contributed by atoms with Gasteiger partial charge >= 0.3 is 5.97 Å². The number of hydrogen-bond donors (Lipinski definition) is 3. The number of imide groups is 1. The first-order chi connectivity index (χ1) is 20.4. The number of nitrogens with zero attached hydrogens (tertiary/aromatic N) is 1. The van der Waals surface area contributed by atoms with Crippen LogP contribution in [0.5, 0.6) is 5.75 Å². The summed E-state index contributed by atoms with van der Waals surface area (Å²) in [4.78, 5) is 45.7. The van der Waals surface area contributed by atoms with Crippen molar-refractivity contribution in [3.8, 4) is 5.75 Å². The number of aromatic nitrogens is 1. The zero-order valence-corrected chi connectivity index (χ0v) is 23.3. The molecule has 0 aliphatic carbocycles. The van der Waals surface area contributed by atoms with E-state index in [9.17, 15) is 19.5 Å².